The van der Waals surface area contributed by atoms with Crippen LogP contribution in [0.1, 0.15) is 20.3 Å². The first-order valence-corrected chi connectivity index (χ1v) is 5.98. The maximum Gasteiger partial charge on any atom is 0.309 e. The van der Waals surface area contributed by atoms with E-state index in [1.165, 1.54) is 5.06 Å². The Kier molecular flexibility index (Phi) is 3.33. The second-order valence-corrected chi connectivity index (χ2v) is 5.57. The molecule has 2 fully saturated rings. The molecule has 2 rings (SSSR count). The number of carbonyl (C=O) groups is 1. The molecule has 0 amide bonds. The molecular formula is C11H18F2N2O3. The Morgan fingerprint density at radius 1 is 1.61 bits per heavy atom. The van der Waals surface area contributed by atoms with Gasteiger partial charge in [-0.3, -0.25) is 9.63 Å². The molecule has 2 saturated heterocycles. The van der Waals surface area contributed by atoms with Crippen LogP contribution >= 0.6 is 0 Å². The lowest BCUT2D eigenvalue weighted by Crippen LogP contribution is -2.46. The summed E-state index contributed by atoms with van der Waals surface area (Å²) in [5.41, 5.74) is -0.942. The summed E-state index contributed by atoms with van der Waals surface area (Å²) >= 11 is 0. The van der Waals surface area contributed by atoms with Crippen LogP contribution in [-0.2, 0) is 9.63 Å². The van der Waals surface area contributed by atoms with Crippen molar-refractivity contribution >= 4 is 5.97 Å². The van der Waals surface area contributed by atoms with Crippen LogP contribution in [0.2, 0.25) is 0 Å². The predicted octanol–water partition coefficient (Wildman–Crippen LogP) is 0.710. The molecular weight excluding hydrogens is 246 g/mol. The number of halogens is 2. The van der Waals surface area contributed by atoms with Crippen molar-refractivity contribution in [2.75, 3.05) is 19.7 Å². The predicted molar refractivity (Wildman–Crippen MR) is 59.2 cm³/mol. The Morgan fingerprint density at radius 3 is 2.89 bits per heavy atom. The number of nitrogens with zero attached hydrogens (tertiary/aromatic N) is 1. The minimum absolute atomic E-state index is 0.192. The molecule has 0 radical (unpaired) electrons. The zero-order chi connectivity index (χ0) is 13.6. The van der Waals surface area contributed by atoms with E-state index in [-0.39, 0.29) is 32.2 Å². The van der Waals surface area contributed by atoms with E-state index in [9.17, 15) is 13.6 Å². The molecule has 0 aromatic carbocycles. The van der Waals surface area contributed by atoms with Crippen LogP contribution in [0.5, 0.6) is 0 Å². The van der Waals surface area contributed by atoms with Gasteiger partial charge in [0, 0.05) is 6.54 Å². The summed E-state index contributed by atoms with van der Waals surface area (Å²) in [4.78, 5) is 16.2. The van der Waals surface area contributed by atoms with E-state index >= 15 is 0 Å². The maximum absolute atomic E-state index is 13.6. The van der Waals surface area contributed by atoms with E-state index in [1.54, 1.807) is 13.8 Å². The van der Waals surface area contributed by atoms with Gasteiger partial charge in [0.1, 0.15) is 6.04 Å². The number of hydrogen-bond acceptors (Lipinski definition) is 4. The van der Waals surface area contributed by atoms with Gasteiger partial charge in [-0.1, -0.05) is 0 Å². The molecule has 0 aliphatic carbocycles. The van der Waals surface area contributed by atoms with Crippen LogP contribution in [0.15, 0.2) is 0 Å². The minimum atomic E-state index is -2.82. The molecule has 0 spiro atoms. The van der Waals surface area contributed by atoms with E-state index in [2.05, 4.69) is 5.32 Å². The molecule has 0 saturated carbocycles. The van der Waals surface area contributed by atoms with Crippen LogP contribution in [0, 0.1) is 5.41 Å². The maximum atomic E-state index is 13.6. The molecule has 5 nitrogen and oxygen atoms in total. The van der Waals surface area contributed by atoms with E-state index in [0.29, 0.717) is 0 Å². The van der Waals surface area contributed by atoms with Crippen LogP contribution in [0.3, 0.4) is 0 Å². The molecule has 2 atom stereocenters. The van der Waals surface area contributed by atoms with Gasteiger partial charge in [0.15, 0.2) is 0 Å². The van der Waals surface area contributed by atoms with Crippen molar-refractivity contribution in [3.8, 4) is 0 Å². The van der Waals surface area contributed by atoms with E-state index in [1.807, 2.05) is 0 Å². The molecule has 18 heavy (non-hydrogen) atoms. The van der Waals surface area contributed by atoms with Crippen molar-refractivity contribution < 1.29 is 23.5 Å². The molecule has 2 N–H and O–H groups in total. The van der Waals surface area contributed by atoms with E-state index in [0.717, 1.165) is 0 Å². The molecule has 2 aliphatic rings. The summed E-state index contributed by atoms with van der Waals surface area (Å²) in [6, 6.07) is -1.35. The van der Waals surface area contributed by atoms with Gasteiger partial charge in [0.25, 0.3) is 5.92 Å². The molecule has 2 unspecified atom stereocenters. The van der Waals surface area contributed by atoms with Crippen LogP contribution in [-0.4, -0.2) is 53.8 Å². The van der Waals surface area contributed by atoms with E-state index in [4.69, 9.17) is 9.94 Å². The summed E-state index contributed by atoms with van der Waals surface area (Å²) < 4.78 is 27.3. The quantitative estimate of drug-likeness (QED) is 0.783. The van der Waals surface area contributed by atoms with Crippen LogP contribution in [0.4, 0.5) is 8.78 Å². The number of aliphatic carboxylic acids is 1. The fourth-order valence-electron chi connectivity index (χ4n) is 2.30. The second-order valence-electron chi connectivity index (χ2n) is 5.57. The van der Waals surface area contributed by atoms with E-state index < -0.39 is 23.3 Å². The van der Waals surface area contributed by atoms with Crippen molar-refractivity contribution in [2.24, 2.45) is 5.41 Å². The summed E-state index contributed by atoms with van der Waals surface area (Å²) in [7, 11) is 0. The third-order valence-corrected chi connectivity index (χ3v) is 3.68. The fourth-order valence-corrected chi connectivity index (χ4v) is 2.30. The molecule has 7 heteroatoms. The molecule has 2 heterocycles. The van der Waals surface area contributed by atoms with Gasteiger partial charge < -0.3 is 10.4 Å². The van der Waals surface area contributed by atoms with Gasteiger partial charge >= 0.3 is 5.97 Å². The van der Waals surface area contributed by atoms with Crippen molar-refractivity contribution in [1.82, 2.24) is 10.4 Å². The number of rotatable bonds is 4. The molecule has 104 valence electrons. The third-order valence-electron chi connectivity index (χ3n) is 3.68. The Bertz CT molecular complexity index is 349. The number of hydroxylamine groups is 2. The topological polar surface area (TPSA) is 61.8 Å². The smallest absolute Gasteiger partial charge is 0.309 e. The lowest BCUT2D eigenvalue weighted by atomic mass is 9.89. The summed E-state index contributed by atoms with van der Waals surface area (Å²) in [6.45, 7) is 3.22. The fraction of sp³-hybridized carbons (Fsp3) is 0.909. The Balaban J connectivity index is 1.97. The van der Waals surface area contributed by atoms with Gasteiger partial charge in [0.2, 0.25) is 0 Å². The highest BCUT2D eigenvalue weighted by molar-refractivity contribution is 5.73. The Labute approximate surface area is 104 Å². The first-order chi connectivity index (χ1) is 8.24. The average Bonchev–Trinajstić information content (AvgIpc) is 2.78. The van der Waals surface area contributed by atoms with Gasteiger partial charge in [0.05, 0.1) is 24.6 Å². The second kappa shape index (κ2) is 4.40. The van der Waals surface area contributed by atoms with Gasteiger partial charge in [-0.2, -0.15) is 5.06 Å². The van der Waals surface area contributed by atoms with Crippen molar-refractivity contribution in [3.63, 3.8) is 0 Å². The van der Waals surface area contributed by atoms with Crippen molar-refractivity contribution in [2.45, 2.75) is 38.3 Å². The Morgan fingerprint density at radius 2 is 2.28 bits per heavy atom. The average molecular weight is 264 g/mol. The largest absolute Gasteiger partial charge is 0.481 e. The highest BCUT2D eigenvalue weighted by atomic mass is 19.3. The summed E-state index contributed by atoms with van der Waals surface area (Å²) in [5.74, 6) is -3.76. The highest BCUT2D eigenvalue weighted by Crippen LogP contribution is 2.35. The third kappa shape index (κ3) is 2.34. The first-order valence-electron chi connectivity index (χ1n) is 5.98. The summed E-state index contributed by atoms with van der Waals surface area (Å²) in [6.07, 6.45) is 0.266. The number of carboxylic acids is 1. The summed E-state index contributed by atoms with van der Waals surface area (Å²) in [5, 5.41) is 13.0. The number of carboxylic acid groups (broad SMARTS) is 1. The van der Waals surface area contributed by atoms with Crippen molar-refractivity contribution in [1.29, 1.82) is 0 Å². The molecule has 0 bridgehead atoms. The number of alkyl halides is 2. The van der Waals surface area contributed by atoms with Crippen LogP contribution in [0.25, 0.3) is 0 Å². The zero-order valence-corrected chi connectivity index (χ0v) is 10.4. The van der Waals surface area contributed by atoms with Gasteiger partial charge in [-0.15, -0.1) is 0 Å². The van der Waals surface area contributed by atoms with Crippen LogP contribution < -0.4 is 5.32 Å². The minimum Gasteiger partial charge on any atom is -0.481 e. The number of nitrogens with one attached hydrogen (secondary N) is 1. The number of hydrogen-bond donors (Lipinski definition) is 2. The Hall–Kier alpha value is -0.790. The van der Waals surface area contributed by atoms with Gasteiger partial charge in [-0.25, -0.2) is 8.78 Å². The van der Waals surface area contributed by atoms with Gasteiger partial charge in [-0.05, 0) is 20.3 Å². The monoisotopic (exact) mass is 264 g/mol. The lowest BCUT2D eigenvalue weighted by Gasteiger charge is -2.28. The number of fused-ring (bicyclic) bond motifs is 1. The van der Waals surface area contributed by atoms with Crippen molar-refractivity contribution in [3.05, 3.63) is 0 Å². The first kappa shape index (κ1) is 13.6. The normalized spacial score (nSPS) is 31.6. The zero-order valence-electron chi connectivity index (χ0n) is 10.4. The molecule has 0 aromatic rings. The lowest BCUT2D eigenvalue weighted by molar-refractivity contribution is -0.184. The SMILES string of the molecule is CC(C)(CCN1OCC2NCC(F)(F)C21)C(=O)O. The highest BCUT2D eigenvalue weighted by Gasteiger charge is 2.57. The standard InChI is InChI=1S/C11H18F2N2O3/c1-10(2,9(16)17)3-4-15-8-7(5-18-15)14-6-11(8,12)13/h7-8,14H,3-6H2,1-2H3,(H,16,17). The molecule has 2 aliphatic heterocycles. The molecule has 0 aromatic heterocycles.